The van der Waals surface area contributed by atoms with Gasteiger partial charge in [0, 0.05) is 26.2 Å². The summed E-state index contributed by atoms with van der Waals surface area (Å²) in [5, 5.41) is 0. The molecule has 0 spiro atoms. The van der Waals surface area contributed by atoms with E-state index in [0.29, 0.717) is 32.6 Å². The van der Waals surface area contributed by atoms with E-state index in [1.54, 1.807) is 17.0 Å². The lowest BCUT2D eigenvalue weighted by Gasteiger charge is -2.21. The first-order chi connectivity index (χ1) is 10.9. The quantitative estimate of drug-likeness (QED) is 0.802. The highest BCUT2D eigenvalue weighted by Gasteiger charge is 2.23. The maximum Gasteiger partial charge on any atom is 0.226 e. The Labute approximate surface area is 135 Å². The Morgan fingerprint density at radius 3 is 2.65 bits per heavy atom. The molecule has 1 aliphatic rings. The molecule has 23 heavy (non-hydrogen) atoms. The van der Waals surface area contributed by atoms with Crippen LogP contribution in [0.1, 0.15) is 12.8 Å². The third-order valence-electron chi connectivity index (χ3n) is 3.69. The summed E-state index contributed by atoms with van der Waals surface area (Å²) in [6.07, 6.45) is 1.91. The topological polar surface area (TPSA) is 66.9 Å². The van der Waals surface area contributed by atoms with Gasteiger partial charge in [-0.2, -0.15) is 0 Å². The van der Waals surface area contributed by atoms with Crippen LogP contribution in [0.15, 0.2) is 24.3 Å². The van der Waals surface area contributed by atoms with E-state index in [0.717, 1.165) is 0 Å². The van der Waals surface area contributed by atoms with Crippen molar-refractivity contribution in [2.45, 2.75) is 12.8 Å². The van der Waals surface area contributed by atoms with Crippen molar-refractivity contribution in [1.82, 2.24) is 9.21 Å². The number of ether oxygens (including phenoxy) is 1. The van der Waals surface area contributed by atoms with E-state index in [1.165, 1.54) is 22.7 Å². The van der Waals surface area contributed by atoms with Crippen LogP contribution >= 0.6 is 0 Å². The third kappa shape index (κ3) is 5.18. The molecule has 1 fully saturated rings. The maximum atomic E-state index is 13.4. The predicted octanol–water partition coefficient (Wildman–Crippen LogP) is 1.09. The van der Waals surface area contributed by atoms with Crippen LogP contribution in [0.25, 0.3) is 0 Å². The number of carbonyl (C=O) groups is 1. The van der Waals surface area contributed by atoms with Crippen molar-refractivity contribution in [3.8, 4) is 5.75 Å². The molecule has 0 bridgehead atoms. The summed E-state index contributed by atoms with van der Waals surface area (Å²) in [4.78, 5) is 13.8. The van der Waals surface area contributed by atoms with E-state index in [1.807, 2.05) is 0 Å². The van der Waals surface area contributed by atoms with Crippen LogP contribution < -0.4 is 4.74 Å². The third-order valence-corrected chi connectivity index (χ3v) is 4.99. The molecule has 0 N–H and O–H groups in total. The van der Waals surface area contributed by atoms with E-state index >= 15 is 0 Å². The lowest BCUT2D eigenvalue weighted by Crippen LogP contribution is -2.37. The smallest absolute Gasteiger partial charge is 0.226 e. The Bertz CT molecular complexity index is 651. The van der Waals surface area contributed by atoms with Gasteiger partial charge in [-0.1, -0.05) is 12.1 Å². The highest BCUT2D eigenvalue weighted by Crippen LogP contribution is 2.15. The van der Waals surface area contributed by atoms with Crippen LogP contribution in [0.2, 0.25) is 0 Å². The zero-order valence-corrected chi connectivity index (χ0v) is 13.9. The van der Waals surface area contributed by atoms with E-state index in [4.69, 9.17) is 4.74 Å². The Morgan fingerprint density at radius 1 is 1.22 bits per heavy atom. The zero-order chi connectivity index (χ0) is 16.9. The lowest BCUT2D eigenvalue weighted by atomic mass is 10.3. The number of sulfonamides is 1. The summed E-state index contributed by atoms with van der Waals surface area (Å²) < 4.78 is 43.1. The van der Waals surface area contributed by atoms with Gasteiger partial charge in [-0.25, -0.2) is 17.1 Å². The van der Waals surface area contributed by atoms with Crippen LogP contribution in [0.5, 0.6) is 5.75 Å². The fourth-order valence-corrected chi connectivity index (χ4v) is 3.32. The fourth-order valence-electron chi connectivity index (χ4n) is 2.44. The summed E-state index contributed by atoms with van der Waals surface area (Å²) in [6, 6.07) is 6.04. The fraction of sp³-hybridized carbons (Fsp3) is 0.533. The maximum absolute atomic E-state index is 13.4. The number of para-hydroxylation sites is 1. The summed E-state index contributed by atoms with van der Waals surface area (Å²) in [6.45, 7) is 1.70. The second kappa shape index (κ2) is 7.74. The van der Waals surface area contributed by atoms with Gasteiger partial charge in [0.05, 0.1) is 19.3 Å². The largest absolute Gasteiger partial charge is 0.490 e. The molecule has 1 aliphatic heterocycles. The number of nitrogens with zero attached hydrogens (tertiary/aromatic N) is 2. The molecular formula is C15H21FN2O4S. The number of amides is 1. The Hall–Kier alpha value is -1.67. The predicted molar refractivity (Wildman–Crippen MR) is 84.1 cm³/mol. The molecule has 1 amide bonds. The molecule has 1 aromatic carbocycles. The molecule has 128 valence electrons. The molecule has 2 rings (SSSR count). The zero-order valence-electron chi connectivity index (χ0n) is 13.1. The van der Waals surface area contributed by atoms with E-state index in [-0.39, 0.29) is 24.7 Å². The van der Waals surface area contributed by atoms with Gasteiger partial charge in [0.1, 0.15) is 0 Å². The monoisotopic (exact) mass is 344 g/mol. The van der Waals surface area contributed by atoms with Crippen LogP contribution in [0.3, 0.4) is 0 Å². The van der Waals surface area contributed by atoms with Gasteiger partial charge in [-0.3, -0.25) is 4.79 Å². The molecule has 0 atom stereocenters. The highest BCUT2D eigenvalue weighted by molar-refractivity contribution is 7.88. The van der Waals surface area contributed by atoms with Crippen LogP contribution in [0, 0.1) is 5.82 Å². The molecule has 1 heterocycles. The number of rotatable bonds is 5. The second-order valence-corrected chi connectivity index (χ2v) is 7.41. The van der Waals surface area contributed by atoms with Crippen molar-refractivity contribution in [3.63, 3.8) is 0 Å². The van der Waals surface area contributed by atoms with Gasteiger partial charge < -0.3 is 9.64 Å². The Morgan fingerprint density at radius 2 is 1.96 bits per heavy atom. The Balaban J connectivity index is 1.81. The van der Waals surface area contributed by atoms with Gasteiger partial charge in [0.2, 0.25) is 15.9 Å². The number of benzene rings is 1. The van der Waals surface area contributed by atoms with Crippen LogP contribution in [-0.2, 0) is 14.8 Å². The second-order valence-electron chi connectivity index (χ2n) is 5.43. The standard InChI is InChI=1S/C15H21FN2O4S/c1-23(20,21)18-9-4-8-17(10-11-18)15(19)7-12-22-14-6-3-2-5-13(14)16/h2-3,5-6H,4,7-12H2,1H3. The first-order valence-electron chi connectivity index (χ1n) is 7.48. The molecular weight excluding hydrogens is 323 g/mol. The van der Waals surface area contributed by atoms with Crippen molar-refractivity contribution in [2.24, 2.45) is 0 Å². The van der Waals surface area contributed by atoms with Gasteiger partial charge in [-0.15, -0.1) is 0 Å². The minimum Gasteiger partial charge on any atom is -0.490 e. The summed E-state index contributed by atoms with van der Waals surface area (Å²) >= 11 is 0. The summed E-state index contributed by atoms with van der Waals surface area (Å²) in [5.74, 6) is -0.449. The van der Waals surface area contributed by atoms with Crippen molar-refractivity contribution < 1.29 is 22.3 Å². The molecule has 0 unspecified atom stereocenters. The van der Waals surface area contributed by atoms with Crippen molar-refractivity contribution in [2.75, 3.05) is 39.0 Å². The van der Waals surface area contributed by atoms with Crippen LogP contribution in [-0.4, -0.2) is 62.6 Å². The molecule has 6 nitrogen and oxygen atoms in total. The first kappa shape index (κ1) is 17.7. The molecule has 8 heteroatoms. The van der Waals surface area contributed by atoms with Crippen molar-refractivity contribution in [1.29, 1.82) is 0 Å². The summed E-state index contributed by atoms with van der Waals surface area (Å²) in [5.41, 5.74) is 0. The Kier molecular flexibility index (Phi) is 5.95. The lowest BCUT2D eigenvalue weighted by molar-refractivity contribution is -0.131. The molecule has 0 radical (unpaired) electrons. The van der Waals surface area contributed by atoms with Gasteiger partial charge >= 0.3 is 0 Å². The van der Waals surface area contributed by atoms with E-state index in [9.17, 15) is 17.6 Å². The van der Waals surface area contributed by atoms with E-state index < -0.39 is 15.8 Å². The number of halogens is 1. The molecule has 0 aromatic heterocycles. The van der Waals surface area contributed by atoms with Gasteiger partial charge in [0.15, 0.2) is 11.6 Å². The first-order valence-corrected chi connectivity index (χ1v) is 9.33. The van der Waals surface area contributed by atoms with E-state index in [2.05, 4.69) is 0 Å². The SMILES string of the molecule is CS(=O)(=O)N1CCCN(C(=O)CCOc2ccccc2F)CC1. The normalized spacial score (nSPS) is 16.9. The van der Waals surface area contributed by atoms with Gasteiger partial charge in [-0.05, 0) is 18.6 Å². The average molecular weight is 344 g/mol. The molecule has 1 saturated heterocycles. The minimum atomic E-state index is -3.23. The van der Waals surface area contributed by atoms with Gasteiger partial charge in [0.25, 0.3) is 0 Å². The number of hydrogen-bond donors (Lipinski definition) is 0. The summed E-state index contributed by atoms with van der Waals surface area (Å²) in [7, 11) is -3.23. The number of carbonyl (C=O) groups excluding carboxylic acids is 1. The molecule has 0 saturated carbocycles. The van der Waals surface area contributed by atoms with Crippen molar-refractivity contribution in [3.05, 3.63) is 30.1 Å². The minimum absolute atomic E-state index is 0.0893. The highest BCUT2D eigenvalue weighted by atomic mass is 32.2. The molecule has 0 aliphatic carbocycles. The van der Waals surface area contributed by atoms with Crippen molar-refractivity contribution >= 4 is 15.9 Å². The molecule has 1 aromatic rings. The van der Waals surface area contributed by atoms with Crippen LogP contribution in [0.4, 0.5) is 4.39 Å². The number of hydrogen-bond acceptors (Lipinski definition) is 4. The average Bonchev–Trinajstić information content (AvgIpc) is 2.75.